The summed E-state index contributed by atoms with van der Waals surface area (Å²) in [5.74, 6) is 0.751. The van der Waals surface area contributed by atoms with Gasteiger partial charge in [0.05, 0.1) is 7.05 Å². The van der Waals surface area contributed by atoms with Crippen LogP contribution >= 0.6 is 12.2 Å². The number of quaternary nitrogens is 1. The molecule has 4 unspecified atom stereocenters. The van der Waals surface area contributed by atoms with Crippen molar-refractivity contribution in [1.29, 1.82) is 0 Å². The molecule has 12 heavy (non-hydrogen) atoms. The molecule has 0 aromatic rings. The minimum atomic E-state index is 0.216. The summed E-state index contributed by atoms with van der Waals surface area (Å²) in [4.78, 5) is 0. The highest BCUT2D eigenvalue weighted by Gasteiger charge is 2.53. The van der Waals surface area contributed by atoms with Gasteiger partial charge in [0.15, 0.2) is 0 Å². The topological polar surface area (TPSA) is 29.5 Å². The smallest absolute Gasteiger partial charge is 0.246 e. The molecular weight excluding hydrogens is 174 g/mol. The van der Waals surface area contributed by atoms with E-state index in [4.69, 9.17) is 4.74 Å². The van der Waals surface area contributed by atoms with Crippen LogP contribution in [0, 0.1) is 5.92 Å². The Balaban J connectivity index is 2.19. The second-order valence-electron chi connectivity index (χ2n) is 4.16. The molecule has 0 spiro atoms. The summed E-state index contributed by atoms with van der Waals surface area (Å²) < 4.78 is 15.5. The maximum Gasteiger partial charge on any atom is 0.246 e. The lowest BCUT2D eigenvalue weighted by Gasteiger charge is -2.39. The summed E-state index contributed by atoms with van der Waals surface area (Å²) in [6.45, 7) is 3.08. The zero-order chi connectivity index (χ0) is 8.77. The first-order chi connectivity index (χ1) is 5.66. The van der Waals surface area contributed by atoms with Crippen LogP contribution in [0.2, 0.25) is 0 Å². The van der Waals surface area contributed by atoms with Gasteiger partial charge in [0, 0.05) is 12.8 Å². The zero-order valence-electron chi connectivity index (χ0n) is 7.56. The lowest BCUT2D eigenvalue weighted by molar-refractivity contribution is -0.837. The molecule has 1 N–H and O–H groups in total. The first-order valence-corrected chi connectivity index (χ1v) is 5.20. The normalized spacial score (nSPS) is 52.8. The number of nitrogens with zero attached hydrogens (tertiary/aromatic N) is 1. The first kappa shape index (κ1) is 8.81. The monoisotopic (exact) mass is 190 g/mol. The van der Waals surface area contributed by atoms with Gasteiger partial charge in [-0.3, -0.25) is 4.55 Å². The third kappa shape index (κ3) is 1.09. The van der Waals surface area contributed by atoms with Crippen LogP contribution < -0.4 is 0 Å². The third-order valence-corrected chi connectivity index (χ3v) is 4.12. The Morgan fingerprint density at radius 1 is 1.50 bits per heavy atom. The minimum absolute atomic E-state index is 0.216. The lowest BCUT2D eigenvalue weighted by Crippen LogP contribution is -2.52. The number of fused-ring (bicyclic) bond motifs is 2. The van der Waals surface area contributed by atoms with E-state index in [-0.39, 0.29) is 6.23 Å². The second kappa shape index (κ2) is 2.87. The number of piperidine rings is 1. The van der Waals surface area contributed by atoms with Gasteiger partial charge in [0.2, 0.25) is 18.5 Å². The van der Waals surface area contributed by atoms with E-state index in [1.165, 1.54) is 6.42 Å². The van der Waals surface area contributed by atoms with Crippen molar-refractivity contribution < 1.29 is 13.2 Å². The Bertz CT molecular complexity index is 174. The average Bonchev–Trinajstić information content (AvgIpc) is 2.24. The van der Waals surface area contributed by atoms with Crippen molar-refractivity contribution in [3.63, 3.8) is 0 Å². The van der Waals surface area contributed by atoms with Crippen LogP contribution in [0.25, 0.3) is 0 Å². The SMILES string of the molecule is CC1CC2COC(C1)[N+]2(C)SO. The molecule has 4 atom stereocenters. The van der Waals surface area contributed by atoms with E-state index in [2.05, 4.69) is 14.0 Å². The molecule has 2 fully saturated rings. The van der Waals surface area contributed by atoms with Crippen molar-refractivity contribution in [1.82, 2.24) is 0 Å². The van der Waals surface area contributed by atoms with Gasteiger partial charge in [0.1, 0.15) is 12.6 Å². The van der Waals surface area contributed by atoms with Crippen molar-refractivity contribution in [2.24, 2.45) is 5.92 Å². The van der Waals surface area contributed by atoms with Crippen molar-refractivity contribution in [2.45, 2.75) is 32.0 Å². The quantitative estimate of drug-likeness (QED) is 0.388. The van der Waals surface area contributed by atoms with Gasteiger partial charge in [-0.1, -0.05) is 6.92 Å². The Morgan fingerprint density at radius 3 is 2.83 bits per heavy atom. The Labute approximate surface area is 77.6 Å². The number of hydrogen-bond donors (Lipinski definition) is 1. The summed E-state index contributed by atoms with van der Waals surface area (Å²) in [7, 11) is 2.07. The van der Waals surface area contributed by atoms with E-state index in [1.807, 2.05) is 0 Å². The van der Waals surface area contributed by atoms with Crippen molar-refractivity contribution in [3.05, 3.63) is 0 Å². The Kier molecular flexibility index (Phi) is 2.11. The van der Waals surface area contributed by atoms with Crippen molar-refractivity contribution in [3.8, 4) is 0 Å². The zero-order valence-corrected chi connectivity index (χ0v) is 8.38. The van der Waals surface area contributed by atoms with Crippen molar-refractivity contribution in [2.75, 3.05) is 13.7 Å². The van der Waals surface area contributed by atoms with Crippen LogP contribution in [-0.2, 0) is 4.74 Å². The molecule has 2 rings (SSSR count). The van der Waals surface area contributed by atoms with Crippen LogP contribution in [0.5, 0.6) is 0 Å². The van der Waals surface area contributed by atoms with Gasteiger partial charge < -0.3 is 4.74 Å². The van der Waals surface area contributed by atoms with Crippen LogP contribution in [0.15, 0.2) is 0 Å². The summed E-state index contributed by atoms with van der Waals surface area (Å²) in [5, 5.41) is 0. The molecule has 2 aliphatic rings. The molecule has 3 nitrogen and oxygen atoms in total. The molecule has 2 aliphatic heterocycles. The second-order valence-corrected chi connectivity index (χ2v) is 5.11. The molecule has 0 amide bonds. The van der Waals surface area contributed by atoms with E-state index < -0.39 is 0 Å². The highest BCUT2D eigenvalue weighted by atomic mass is 32.2. The van der Waals surface area contributed by atoms with Crippen LogP contribution in [0.4, 0.5) is 0 Å². The molecule has 0 aromatic carbocycles. The van der Waals surface area contributed by atoms with Gasteiger partial charge in [-0.05, 0) is 5.92 Å². The first-order valence-electron chi connectivity index (χ1n) is 4.47. The molecule has 2 saturated heterocycles. The summed E-state index contributed by atoms with van der Waals surface area (Å²) in [5.41, 5.74) is 0. The van der Waals surface area contributed by atoms with Crippen molar-refractivity contribution >= 4 is 12.2 Å². The number of ether oxygens (including phenoxy) is 1. The van der Waals surface area contributed by atoms with E-state index in [0.717, 1.165) is 31.2 Å². The van der Waals surface area contributed by atoms with Gasteiger partial charge in [-0.25, -0.2) is 3.89 Å². The fraction of sp³-hybridized carbons (Fsp3) is 1.00. The van der Waals surface area contributed by atoms with E-state index in [1.54, 1.807) is 0 Å². The molecule has 0 saturated carbocycles. The minimum Gasteiger partial charge on any atom is -0.322 e. The molecular formula is C8H16NO2S+. The molecule has 0 aliphatic carbocycles. The third-order valence-electron chi connectivity index (χ3n) is 3.23. The van der Waals surface area contributed by atoms with Gasteiger partial charge in [-0.2, -0.15) is 0 Å². The average molecular weight is 190 g/mol. The maximum atomic E-state index is 9.23. The van der Waals surface area contributed by atoms with Crippen LogP contribution in [0.3, 0.4) is 0 Å². The van der Waals surface area contributed by atoms with Gasteiger partial charge in [0.25, 0.3) is 0 Å². The van der Waals surface area contributed by atoms with Crippen LogP contribution in [0.1, 0.15) is 19.8 Å². The molecule has 70 valence electrons. The standard InChI is InChI=1S/C8H15NO2S/c1-6-3-7-5-11-8(4-6)9(7,2)12-10/h6-8H,3-5H2,1-2H3/p+1. The predicted octanol–water partition coefficient (Wildman–Crippen LogP) is 1.71. The molecule has 2 heterocycles. The largest absolute Gasteiger partial charge is 0.322 e. The van der Waals surface area contributed by atoms with Crippen LogP contribution in [-0.4, -0.2) is 34.4 Å². The Morgan fingerprint density at radius 2 is 2.25 bits per heavy atom. The number of likely N-dealkylation sites (N-methyl/N-ethyl adjacent to an activating group) is 1. The number of hydrogen-bond acceptors (Lipinski definition) is 3. The molecule has 2 bridgehead atoms. The summed E-state index contributed by atoms with van der Waals surface area (Å²) >= 11 is 0.941. The Hall–Kier alpha value is 0.230. The fourth-order valence-electron chi connectivity index (χ4n) is 2.33. The van der Waals surface area contributed by atoms with E-state index in [9.17, 15) is 4.55 Å². The van der Waals surface area contributed by atoms with Gasteiger partial charge >= 0.3 is 0 Å². The van der Waals surface area contributed by atoms with E-state index in [0.29, 0.717) is 9.93 Å². The molecule has 4 heteroatoms. The number of rotatable bonds is 1. The summed E-state index contributed by atoms with van der Waals surface area (Å²) in [6, 6.07) is 0.494. The van der Waals surface area contributed by atoms with Gasteiger partial charge in [-0.15, -0.1) is 0 Å². The fourth-order valence-corrected chi connectivity index (χ4v) is 2.86. The highest BCUT2D eigenvalue weighted by Crippen LogP contribution is 2.43. The highest BCUT2D eigenvalue weighted by molar-refractivity contribution is 7.88. The lowest BCUT2D eigenvalue weighted by atomic mass is 9.94. The maximum absolute atomic E-state index is 9.23. The molecule has 0 aromatic heterocycles. The predicted molar refractivity (Wildman–Crippen MR) is 48.3 cm³/mol. The van der Waals surface area contributed by atoms with E-state index >= 15 is 0 Å². The molecule has 0 radical (unpaired) electrons. The summed E-state index contributed by atoms with van der Waals surface area (Å²) in [6.07, 6.45) is 2.48.